The van der Waals surface area contributed by atoms with Crippen LogP contribution in [0.5, 0.6) is 5.75 Å². The predicted octanol–water partition coefficient (Wildman–Crippen LogP) is 4.43. The second-order valence-electron chi connectivity index (χ2n) is 7.85. The van der Waals surface area contributed by atoms with Crippen molar-refractivity contribution in [3.8, 4) is 5.75 Å². The molecule has 1 unspecified atom stereocenters. The fourth-order valence-corrected chi connectivity index (χ4v) is 4.36. The number of aliphatic hydroxyl groups is 1. The van der Waals surface area contributed by atoms with E-state index in [4.69, 9.17) is 9.15 Å². The number of rotatable bonds is 6. The Morgan fingerprint density at radius 3 is 2.76 bits per heavy atom. The quantitative estimate of drug-likeness (QED) is 0.262. The lowest BCUT2D eigenvalue weighted by atomic mass is 9.99. The number of aromatic amines is 1. The van der Waals surface area contributed by atoms with Gasteiger partial charge in [-0.2, -0.15) is 0 Å². The topological polar surface area (TPSA) is 95.8 Å². The monoisotopic (exact) mass is 442 g/mol. The molecule has 0 aliphatic carbocycles. The van der Waals surface area contributed by atoms with Crippen LogP contribution in [0.15, 0.2) is 83.1 Å². The summed E-state index contributed by atoms with van der Waals surface area (Å²) in [6, 6.07) is 17.2. The Morgan fingerprint density at radius 2 is 1.97 bits per heavy atom. The number of aliphatic hydroxyl groups excluding tert-OH is 1. The summed E-state index contributed by atoms with van der Waals surface area (Å²) in [4.78, 5) is 30.8. The molecule has 7 heteroatoms. The van der Waals surface area contributed by atoms with Gasteiger partial charge in [0.2, 0.25) is 0 Å². The standard InChI is InChI=1S/C26H22N2O5/c1-32-18-7-4-6-16(14-18)24(29)22-23(21-10-5-13-33-21)28(26(31)25(22)30)12-11-17-15-27-20-9-3-2-8-19(17)20/h2-10,13-15,23,27,29H,11-12H2,1H3/b24-22-. The zero-order valence-electron chi connectivity index (χ0n) is 17.9. The van der Waals surface area contributed by atoms with Gasteiger partial charge in [0.15, 0.2) is 0 Å². The molecule has 7 nitrogen and oxygen atoms in total. The zero-order chi connectivity index (χ0) is 22.9. The number of ether oxygens (including phenoxy) is 1. The average molecular weight is 442 g/mol. The molecule has 1 aliphatic heterocycles. The number of benzene rings is 2. The number of carbonyl (C=O) groups is 2. The van der Waals surface area contributed by atoms with Crippen molar-refractivity contribution in [1.29, 1.82) is 0 Å². The van der Waals surface area contributed by atoms with Crippen molar-refractivity contribution in [3.63, 3.8) is 0 Å². The highest BCUT2D eigenvalue weighted by Crippen LogP contribution is 2.40. The maximum Gasteiger partial charge on any atom is 0.295 e. The Balaban J connectivity index is 1.54. The SMILES string of the molecule is COc1cccc(/C(O)=C2/C(=O)C(=O)N(CCc3c[nH]c4ccccc34)C2c2ccco2)c1. The number of hydrogen-bond acceptors (Lipinski definition) is 5. The Kier molecular flexibility index (Phi) is 5.22. The number of methoxy groups -OCH3 is 1. The molecule has 166 valence electrons. The van der Waals surface area contributed by atoms with Crippen LogP contribution in [0.25, 0.3) is 16.7 Å². The number of Topliss-reactive ketones (excluding diaryl/α,β-unsaturated/α-hetero) is 1. The van der Waals surface area contributed by atoms with E-state index in [1.807, 2.05) is 30.5 Å². The molecule has 1 saturated heterocycles. The first kappa shape index (κ1) is 20.6. The van der Waals surface area contributed by atoms with Crippen LogP contribution in [-0.4, -0.2) is 40.3 Å². The average Bonchev–Trinajstić information content (AvgIpc) is 3.57. The third-order valence-corrected chi connectivity index (χ3v) is 5.99. The van der Waals surface area contributed by atoms with Crippen molar-refractivity contribution in [2.45, 2.75) is 12.5 Å². The van der Waals surface area contributed by atoms with Crippen LogP contribution in [-0.2, 0) is 16.0 Å². The Labute approximate surface area is 189 Å². The molecule has 1 fully saturated rings. The molecule has 33 heavy (non-hydrogen) atoms. The van der Waals surface area contributed by atoms with E-state index >= 15 is 0 Å². The van der Waals surface area contributed by atoms with Crippen LogP contribution < -0.4 is 4.74 Å². The van der Waals surface area contributed by atoms with Crippen LogP contribution in [0.3, 0.4) is 0 Å². The van der Waals surface area contributed by atoms with E-state index in [-0.39, 0.29) is 17.9 Å². The summed E-state index contributed by atoms with van der Waals surface area (Å²) in [6.07, 6.45) is 3.94. The fourth-order valence-electron chi connectivity index (χ4n) is 4.36. The number of nitrogens with zero attached hydrogens (tertiary/aromatic N) is 1. The molecule has 1 aliphatic rings. The van der Waals surface area contributed by atoms with E-state index in [1.165, 1.54) is 18.3 Å². The van der Waals surface area contributed by atoms with Crippen molar-refractivity contribution in [2.24, 2.45) is 0 Å². The van der Waals surface area contributed by atoms with Crippen LogP contribution >= 0.6 is 0 Å². The van der Waals surface area contributed by atoms with Gasteiger partial charge >= 0.3 is 0 Å². The normalized spacial score (nSPS) is 17.7. The highest BCUT2D eigenvalue weighted by atomic mass is 16.5. The van der Waals surface area contributed by atoms with E-state index in [0.717, 1.165) is 16.5 Å². The highest BCUT2D eigenvalue weighted by Gasteiger charge is 2.47. The van der Waals surface area contributed by atoms with Gasteiger partial charge in [-0.3, -0.25) is 9.59 Å². The number of ketones is 1. The van der Waals surface area contributed by atoms with E-state index in [9.17, 15) is 14.7 Å². The van der Waals surface area contributed by atoms with Gasteiger partial charge in [-0.1, -0.05) is 30.3 Å². The van der Waals surface area contributed by atoms with Crippen LogP contribution in [0.1, 0.15) is 22.9 Å². The number of H-pyrrole nitrogens is 1. The summed E-state index contributed by atoms with van der Waals surface area (Å²) in [6.45, 7) is 0.284. The molecule has 5 rings (SSSR count). The number of para-hydroxylation sites is 1. The lowest BCUT2D eigenvalue weighted by Gasteiger charge is -2.23. The summed E-state index contributed by atoms with van der Waals surface area (Å²) in [5.41, 5.74) is 2.44. The van der Waals surface area contributed by atoms with Crippen LogP contribution in [0.4, 0.5) is 0 Å². The molecule has 0 spiro atoms. The smallest absolute Gasteiger partial charge is 0.295 e. The first-order valence-corrected chi connectivity index (χ1v) is 10.6. The number of furan rings is 1. The molecular weight excluding hydrogens is 420 g/mol. The van der Waals surface area contributed by atoms with Crippen molar-refractivity contribution >= 4 is 28.4 Å². The molecular formula is C26H22N2O5. The Hall–Kier alpha value is -4.26. The predicted molar refractivity (Wildman–Crippen MR) is 123 cm³/mol. The molecule has 0 radical (unpaired) electrons. The molecule has 3 heterocycles. The first-order chi connectivity index (χ1) is 16.1. The van der Waals surface area contributed by atoms with Gasteiger partial charge in [0.1, 0.15) is 23.3 Å². The third kappa shape index (κ3) is 3.57. The van der Waals surface area contributed by atoms with Gasteiger partial charge in [-0.15, -0.1) is 0 Å². The minimum Gasteiger partial charge on any atom is -0.507 e. The number of nitrogens with one attached hydrogen (secondary N) is 1. The zero-order valence-corrected chi connectivity index (χ0v) is 17.9. The first-order valence-electron chi connectivity index (χ1n) is 10.6. The maximum absolute atomic E-state index is 13.1. The lowest BCUT2D eigenvalue weighted by Crippen LogP contribution is -2.31. The summed E-state index contributed by atoms with van der Waals surface area (Å²) < 4.78 is 10.8. The van der Waals surface area contributed by atoms with Crippen molar-refractivity contribution in [2.75, 3.05) is 13.7 Å². The van der Waals surface area contributed by atoms with Gasteiger partial charge in [-0.25, -0.2) is 0 Å². The van der Waals surface area contributed by atoms with Crippen molar-refractivity contribution in [3.05, 3.63) is 95.6 Å². The summed E-state index contributed by atoms with van der Waals surface area (Å²) in [7, 11) is 1.52. The van der Waals surface area contributed by atoms with Gasteiger partial charge in [-0.05, 0) is 42.3 Å². The van der Waals surface area contributed by atoms with E-state index in [2.05, 4.69) is 4.98 Å². The van der Waals surface area contributed by atoms with Crippen LogP contribution in [0, 0.1) is 0 Å². The Morgan fingerprint density at radius 1 is 1.12 bits per heavy atom. The molecule has 4 aromatic rings. The van der Waals surface area contributed by atoms with E-state index < -0.39 is 17.7 Å². The summed E-state index contributed by atoms with van der Waals surface area (Å²) in [5.74, 6) is -0.723. The minimum atomic E-state index is -0.823. The molecule has 1 amide bonds. The molecule has 2 aromatic heterocycles. The second-order valence-corrected chi connectivity index (χ2v) is 7.85. The van der Waals surface area contributed by atoms with Gasteiger partial charge in [0, 0.05) is 29.2 Å². The number of amides is 1. The van der Waals surface area contributed by atoms with Crippen molar-refractivity contribution in [1.82, 2.24) is 9.88 Å². The van der Waals surface area contributed by atoms with E-state index in [0.29, 0.717) is 23.5 Å². The lowest BCUT2D eigenvalue weighted by molar-refractivity contribution is -0.140. The number of aromatic nitrogens is 1. The number of hydrogen-bond donors (Lipinski definition) is 2. The van der Waals surface area contributed by atoms with E-state index in [1.54, 1.807) is 36.4 Å². The highest BCUT2D eigenvalue weighted by molar-refractivity contribution is 6.46. The van der Waals surface area contributed by atoms with Gasteiger partial charge in [0.25, 0.3) is 11.7 Å². The molecule has 2 aromatic carbocycles. The maximum atomic E-state index is 13.1. The minimum absolute atomic E-state index is 0.00197. The van der Waals surface area contributed by atoms with Gasteiger partial charge in [0.05, 0.1) is 18.9 Å². The molecule has 2 N–H and O–H groups in total. The summed E-state index contributed by atoms with van der Waals surface area (Å²) >= 11 is 0. The third-order valence-electron chi connectivity index (χ3n) is 5.99. The van der Waals surface area contributed by atoms with Gasteiger partial charge < -0.3 is 24.1 Å². The molecule has 0 bridgehead atoms. The molecule has 0 saturated carbocycles. The largest absolute Gasteiger partial charge is 0.507 e. The number of carbonyl (C=O) groups excluding carboxylic acids is 2. The molecule has 1 atom stereocenters. The van der Waals surface area contributed by atoms with Crippen LogP contribution in [0.2, 0.25) is 0 Å². The number of fused-ring (bicyclic) bond motifs is 1. The fraction of sp³-hybridized carbons (Fsp3) is 0.154. The Bertz CT molecular complexity index is 1370. The van der Waals surface area contributed by atoms with Crippen molar-refractivity contribution < 1.29 is 23.8 Å². The summed E-state index contributed by atoms with van der Waals surface area (Å²) in [5, 5.41) is 12.2. The number of likely N-dealkylation sites (tertiary alicyclic amines) is 1. The second kappa shape index (κ2) is 8.35.